The van der Waals surface area contributed by atoms with E-state index in [9.17, 15) is 4.79 Å². The van der Waals surface area contributed by atoms with Gasteiger partial charge in [-0.1, -0.05) is 0 Å². The van der Waals surface area contributed by atoms with E-state index in [4.69, 9.17) is 0 Å². The predicted octanol–water partition coefficient (Wildman–Crippen LogP) is 0.144. The van der Waals surface area contributed by atoms with Gasteiger partial charge in [0.15, 0.2) is 0 Å². The Morgan fingerprint density at radius 3 is 3.00 bits per heavy atom. The Morgan fingerprint density at radius 2 is 2.09 bits per heavy atom. The van der Waals surface area contributed by atoms with E-state index in [0.29, 0.717) is 6.42 Å². The zero-order valence-corrected chi connectivity index (χ0v) is 6.44. The molecular weight excluding hydrogens is 140 g/mol. The molecule has 3 nitrogen and oxygen atoms in total. The van der Waals surface area contributed by atoms with E-state index in [1.807, 2.05) is 0 Å². The lowest BCUT2D eigenvalue weighted by Gasteiger charge is -2.25. The molecule has 3 heteroatoms. The highest BCUT2D eigenvalue weighted by Gasteiger charge is 2.19. The molecule has 2 aliphatic heterocycles. The van der Waals surface area contributed by atoms with Crippen LogP contribution in [0.4, 0.5) is 0 Å². The maximum absolute atomic E-state index is 10.9. The predicted molar refractivity (Wildman–Crippen MR) is 41.9 cm³/mol. The van der Waals surface area contributed by atoms with Crippen LogP contribution in [0.3, 0.4) is 0 Å². The minimum Gasteiger partial charge on any atom is -0.329 e. The Bertz CT molecular complexity index is 220. The third-order valence-corrected chi connectivity index (χ3v) is 2.28. The summed E-state index contributed by atoms with van der Waals surface area (Å²) in [4.78, 5) is 10.9. The van der Waals surface area contributed by atoms with Crippen LogP contribution in [0.1, 0.15) is 19.3 Å². The molecule has 0 atom stereocenters. The molecule has 0 saturated carbocycles. The standard InChI is InChI=1S/C8H12N2O/c11-8-2-1-6-3-4-9-5-7(6)10-8/h9H,1-5H2,(H,10,11). The third-order valence-electron chi connectivity index (χ3n) is 2.28. The molecule has 0 saturated heterocycles. The first-order valence-corrected chi connectivity index (χ1v) is 4.08. The van der Waals surface area contributed by atoms with Gasteiger partial charge < -0.3 is 10.6 Å². The Hall–Kier alpha value is -0.830. The van der Waals surface area contributed by atoms with Gasteiger partial charge >= 0.3 is 0 Å². The van der Waals surface area contributed by atoms with Gasteiger partial charge in [0.1, 0.15) is 0 Å². The first kappa shape index (κ1) is 6.85. The normalized spacial score (nSPS) is 24.5. The van der Waals surface area contributed by atoms with Crippen molar-refractivity contribution in [3.05, 3.63) is 11.3 Å². The van der Waals surface area contributed by atoms with Crippen molar-refractivity contribution in [1.29, 1.82) is 0 Å². The van der Waals surface area contributed by atoms with Gasteiger partial charge in [0.2, 0.25) is 5.91 Å². The molecule has 2 aliphatic rings. The number of carbonyl (C=O) groups excluding carboxylic acids is 1. The molecule has 11 heavy (non-hydrogen) atoms. The van der Waals surface area contributed by atoms with Gasteiger partial charge in [-0.3, -0.25) is 4.79 Å². The van der Waals surface area contributed by atoms with E-state index in [2.05, 4.69) is 10.6 Å². The van der Waals surface area contributed by atoms with E-state index in [0.717, 1.165) is 31.6 Å². The summed E-state index contributed by atoms with van der Waals surface area (Å²) < 4.78 is 0. The number of hydrogen-bond acceptors (Lipinski definition) is 2. The molecule has 2 heterocycles. The van der Waals surface area contributed by atoms with Crippen molar-refractivity contribution in [1.82, 2.24) is 10.6 Å². The van der Waals surface area contributed by atoms with Crippen molar-refractivity contribution in [3.63, 3.8) is 0 Å². The fraction of sp³-hybridized carbons (Fsp3) is 0.625. The molecule has 60 valence electrons. The van der Waals surface area contributed by atoms with Crippen molar-refractivity contribution in [2.75, 3.05) is 13.1 Å². The summed E-state index contributed by atoms with van der Waals surface area (Å²) in [5.41, 5.74) is 2.58. The lowest BCUT2D eigenvalue weighted by Crippen LogP contribution is -2.38. The molecule has 0 aromatic heterocycles. The second kappa shape index (κ2) is 2.66. The highest BCUT2D eigenvalue weighted by Crippen LogP contribution is 2.19. The van der Waals surface area contributed by atoms with Crippen molar-refractivity contribution in [2.24, 2.45) is 0 Å². The average molecular weight is 152 g/mol. The van der Waals surface area contributed by atoms with Crippen LogP contribution < -0.4 is 10.6 Å². The minimum absolute atomic E-state index is 0.174. The number of amides is 1. The number of hydrogen-bond donors (Lipinski definition) is 2. The van der Waals surface area contributed by atoms with E-state index in [-0.39, 0.29) is 5.91 Å². The van der Waals surface area contributed by atoms with Gasteiger partial charge in [-0.05, 0) is 25.0 Å². The van der Waals surface area contributed by atoms with Crippen molar-refractivity contribution >= 4 is 5.91 Å². The van der Waals surface area contributed by atoms with Gasteiger partial charge in [-0.2, -0.15) is 0 Å². The van der Waals surface area contributed by atoms with Crippen LogP contribution in [0.25, 0.3) is 0 Å². The SMILES string of the molecule is O=C1CCC2=C(CNCC2)N1. The van der Waals surface area contributed by atoms with E-state index >= 15 is 0 Å². The van der Waals surface area contributed by atoms with Crippen LogP contribution in [0, 0.1) is 0 Å². The maximum atomic E-state index is 10.9. The van der Waals surface area contributed by atoms with Crippen LogP contribution in [0.2, 0.25) is 0 Å². The summed E-state index contributed by atoms with van der Waals surface area (Å²) in [6.07, 6.45) is 2.76. The van der Waals surface area contributed by atoms with Crippen LogP contribution in [0.5, 0.6) is 0 Å². The third kappa shape index (κ3) is 1.28. The van der Waals surface area contributed by atoms with Crippen LogP contribution in [-0.2, 0) is 4.79 Å². The quantitative estimate of drug-likeness (QED) is 0.518. The monoisotopic (exact) mass is 152 g/mol. The highest BCUT2D eigenvalue weighted by atomic mass is 16.1. The lowest BCUT2D eigenvalue weighted by molar-refractivity contribution is -0.120. The molecular formula is C8H12N2O. The molecule has 0 fully saturated rings. The molecule has 0 spiro atoms. The van der Waals surface area contributed by atoms with Gasteiger partial charge in [0.05, 0.1) is 0 Å². The topological polar surface area (TPSA) is 41.1 Å². The Balaban J connectivity index is 2.18. The number of rotatable bonds is 0. The van der Waals surface area contributed by atoms with Gasteiger partial charge in [-0.25, -0.2) is 0 Å². The van der Waals surface area contributed by atoms with E-state index < -0.39 is 0 Å². The van der Waals surface area contributed by atoms with Crippen molar-refractivity contribution < 1.29 is 4.79 Å². The summed E-state index contributed by atoms with van der Waals surface area (Å²) in [5.74, 6) is 0.174. The molecule has 0 aromatic carbocycles. The summed E-state index contributed by atoms with van der Waals surface area (Å²) >= 11 is 0. The zero-order chi connectivity index (χ0) is 7.68. The van der Waals surface area contributed by atoms with Crippen molar-refractivity contribution in [3.8, 4) is 0 Å². The molecule has 0 radical (unpaired) electrons. The molecule has 0 bridgehead atoms. The molecule has 1 amide bonds. The van der Waals surface area contributed by atoms with Crippen molar-refractivity contribution in [2.45, 2.75) is 19.3 Å². The van der Waals surface area contributed by atoms with Gasteiger partial charge in [0, 0.05) is 18.7 Å². The molecule has 2 N–H and O–H groups in total. The van der Waals surface area contributed by atoms with E-state index in [1.165, 1.54) is 5.57 Å². The molecule has 0 aromatic rings. The largest absolute Gasteiger partial charge is 0.329 e. The fourth-order valence-electron chi connectivity index (χ4n) is 1.63. The lowest BCUT2D eigenvalue weighted by atomic mass is 9.98. The Labute approximate surface area is 65.9 Å². The van der Waals surface area contributed by atoms with Gasteiger partial charge in [-0.15, -0.1) is 0 Å². The second-order valence-electron chi connectivity index (χ2n) is 3.06. The maximum Gasteiger partial charge on any atom is 0.224 e. The number of nitrogens with one attached hydrogen (secondary N) is 2. The average Bonchev–Trinajstić information content (AvgIpc) is 2.04. The highest BCUT2D eigenvalue weighted by molar-refractivity contribution is 5.79. The first-order valence-electron chi connectivity index (χ1n) is 4.08. The molecule has 2 rings (SSSR count). The molecule has 0 aliphatic carbocycles. The molecule has 0 unspecified atom stereocenters. The first-order chi connectivity index (χ1) is 5.36. The zero-order valence-electron chi connectivity index (χ0n) is 6.44. The van der Waals surface area contributed by atoms with Crippen LogP contribution in [0.15, 0.2) is 11.3 Å². The van der Waals surface area contributed by atoms with Gasteiger partial charge in [0.25, 0.3) is 0 Å². The second-order valence-corrected chi connectivity index (χ2v) is 3.06. The summed E-state index contributed by atoms with van der Waals surface area (Å²) in [6, 6.07) is 0. The van der Waals surface area contributed by atoms with Crippen LogP contribution >= 0.6 is 0 Å². The Morgan fingerprint density at radius 1 is 1.18 bits per heavy atom. The smallest absolute Gasteiger partial charge is 0.224 e. The van der Waals surface area contributed by atoms with Crippen LogP contribution in [-0.4, -0.2) is 19.0 Å². The van der Waals surface area contributed by atoms with E-state index in [1.54, 1.807) is 0 Å². The summed E-state index contributed by atoms with van der Waals surface area (Å²) in [7, 11) is 0. The Kier molecular flexibility index (Phi) is 1.66. The summed E-state index contributed by atoms with van der Waals surface area (Å²) in [6.45, 7) is 1.91. The number of carbonyl (C=O) groups is 1. The summed E-state index contributed by atoms with van der Waals surface area (Å²) in [5, 5.41) is 6.13. The fourth-order valence-corrected chi connectivity index (χ4v) is 1.63. The minimum atomic E-state index is 0.174.